The van der Waals surface area contributed by atoms with Gasteiger partial charge in [-0.1, -0.05) is 19.1 Å². The molecule has 6 nitrogen and oxygen atoms in total. The summed E-state index contributed by atoms with van der Waals surface area (Å²) in [5.74, 6) is 0.807. The van der Waals surface area contributed by atoms with Crippen molar-refractivity contribution < 1.29 is 4.79 Å². The number of likely N-dealkylation sites (tertiary alicyclic amines) is 1. The first-order chi connectivity index (χ1) is 12.6. The maximum Gasteiger partial charge on any atom is 0.221 e. The summed E-state index contributed by atoms with van der Waals surface area (Å²) in [5.41, 5.74) is 1.89. The molecule has 6 heteroatoms. The van der Waals surface area contributed by atoms with Gasteiger partial charge in [-0.25, -0.2) is 4.99 Å². The molecule has 0 atom stereocenters. The van der Waals surface area contributed by atoms with Crippen LogP contribution in [0.1, 0.15) is 45.6 Å². The van der Waals surface area contributed by atoms with Gasteiger partial charge in [-0.05, 0) is 50.4 Å². The first-order valence-corrected chi connectivity index (χ1v) is 9.74. The van der Waals surface area contributed by atoms with E-state index in [1.165, 1.54) is 19.9 Å². The fraction of sp³-hybridized carbons (Fsp3) is 0.600. The Balaban J connectivity index is 1.91. The van der Waals surface area contributed by atoms with Crippen LogP contribution in [0.4, 0.5) is 5.69 Å². The van der Waals surface area contributed by atoms with E-state index in [9.17, 15) is 4.79 Å². The van der Waals surface area contributed by atoms with Gasteiger partial charge in [0.15, 0.2) is 5.96 Å². The van der Waals surface area contributed by atoms with Crippen LogP contribution in [-0.4, -0.2) is 49.0 Å². The number of nitrogens with one attached hydrogen (secondary N) is 3. The van der Waals surface area contributed by atoms with Gasteiger partial charge in [0.2, 0.25) is 5.91 Å². The summed E-state index contributed by atoms with van der Waals surface area (Å²) >= 11 is 0. The summed E-state index contributed by atoms with van der Waals surface area (Å²) in [6.07, 6.45) is 3.53. The highest BCUT2D eigenvalue weighted by molar-refractivity contribution is 5.88. The number of amides is 1. The molecule has 1 aliphatic rings. The van der Waals surface area contributed by atoms with Crippen molar-refractivity contribution in [2.75, 3.05) is 31.5 Å². The van der Waals surface area contributed by atoms with Gasteiger partial charge in [-0.15, -0.1) is 0 Å². The normalized spacial score (nSPS) is 16.3. The molecule has 1 heterocycles. The number of aliphatic imine (C=N–C) groups is 1. The topological polar surface area (TPSA) is 68.8 Å². The quantitative estimate of drug-likeness (QED) is 0.517. The van der Waals surface area contributed by atoms with Crippen LogP contribution in [-0.2, 0) is 11.3 Å². The Morgan fingerprint density at radius 3 is 2.69 bits per heavy atom. The molecule has 1 aromatic carbocycles. The lowest BCUT2D eigenvalue weighted by Crippen LogP contribution is -2.48. The zero-order valence-electron chi connectivity index (χ0n) is 16.3. The molecule has 0 bridgehead atoms. The van der Waals surface area contributed by atoms with Gasteiger partial charge in [-0.2, -0.15) is 0 Å². The van der Waals surface area contributed by atoms with E-state index in [1.54, 1.807) is 0 Å². The number of guanidine groups is 1. The monoisotopic (exact) mass is 359 g/mol. The van der Waals surface area contributed by atoms with Crippen LogP contribution in [0, 0.1) is 0 Å². The van der Waals surface area contributed by atoms with Crippen LogP contribution in [0.3, 0.4) is 0 Å². The average molecular weight is 360 g/mol. The molecule has 26 heavy (non-hydrogen) atoms. The predicted molar refractivity (Wildman–Crippen MR) is 108 cm³/mol. The summed E-state index contributed by atoms with van der Waals surface area (Å²) in [4.78, 5) is 18.5. The zero-order valence-corrected chi connectivity index (χ0v) is 16.3. The van der Waals surface area contributed by atoms with E-state index in [2.05, 4.69) is 34.7 Å². The summed E-state index contributed by atoms with van der Waals surface area (Å²) in [6, 6.07) is 8.31. The lowest BCUT2D eigenvalue weighted by Gasteiger charge is -2.32. The van der Waals surface area contributed by atoms with Crippen molar-refractivity contribution in [1.82, 2.24) is 15.5 Å². The number of carbonyl (C=O) groups is 1. The van der Waals surface area contributed by atoms with Crippen molar-refractivity contribution in [2.24, 2.45) is 4.99 Å². The Morgan fingerprint density at radius 1 is 1.27 bits per heavy atom. The third-order valence-corrected chi connectivity index (χ3v) is 4.48. The van der Waals surface area contributed by atoms with E-state index < -0.39 is 0 Å². The number of carbonyl (C=O) groups excluding carboxylic acids is 1. The smallest absolute Gasteiger partial charge is 0.221 e. The minimum absolute atomic E-state index is 0.0601. The second-order valence-corrected chi connectivity index (χ2v) is 6.84. The number of hydrogen-bond acceptors (Lipinski definition) is 3. The van der Waals surface area contributed by atoms with Crippen molar-refractivity contribution in [3.8, 4) is 0 Å². The van der Waals surface area contributed by atoms with Crippen LogP contribution in [0.2, 0.25) is 0 Å². The molecular weight excluding hydrogens is 326 g/mol. The Morgan fingerprint density at radius 2 is 2.04 bits per heavy atom. The molecule has 0 spiro atoms. The summed E-state index contributed by atoms with van der Waals surface area (Å²) < 4.78 is 0. The SMILES string of the molecule is CCCN1CCC(NC(=NCc2cccc(NC(C)=O)c2)NCC)CC1. The molecule has 1 aliphatic heterocycles. The molecule has 2 rings (SSSR count). The van der Waals surface area contributed by atoms with Gasteiger partial charge in [0.1, 0.15) is 0 Å². The van der Waals surface area contributed by atoms with Gasteiger partial charge >= 0.3 is 0 Å². The summed E-state index contributed by atoms with van der Waals surface area (Å²) in [5, 5.41) is 9.73. The Labute approximate surface area is 157 Å². The van der Waals surface area contributed by atoms with E-state index in [-0.39, 0.29) is 5.91 Å². The maximum absolute atomic E-state index is 11.2. The molecule has 0 saturated carbocycles. The van der Waals surface area contributed by atoms with Gasteiger partial charge in [-0.3, -0.25) is 4.79 Å². The lowest BCUT2D eigenvalue weighted by atomic mass is 10.1. The van der Waals surface area contributed by atoms with Crippen molar-refractivity contribution in [3.63, 3.8) is 0 Å². The molecule has 0 unspecified atom stereocenters. The fourth-order valence-electron chi connectivity index (χ4n) is 3.25. The standard InChI is InChI=1S/C20H33N5O/c1-4-11-25-12-9-18(10-13-25)24-20(21-5-2)22-15-17-7-6-8-19(14-17)23-16(3)26/h6-8,14,18H,4-5,9-13,15H2,1-3H3,(H,23,26)(H2,21,22,24). The largest absolute Gasteiger partial charge is 0.357 e. The van der Waals surface area contributed by atoms with Gasteiger partial charge in [0.05, 0.1) is 6.54 Å². The van der Waals surface area contributed by atoms with E-state index >= 15 is 0 Å². The van der Waals surface area contributed by atoms with E-state index in [0.717, 1.165) is 49.7 Å². The average Bonchev–Trinajstić information content (AvgIpc) is 2.61. The number of anilines is 1. The Bertz CT molecular complexity index is 594. The molecule has 1 aromatic rings. The van der Waals surface area contributed by atoms with E-state index in [0.29, 0.717) is 12.6 Å². The van der Waals surface area contributed by atoms with Gasteiger partial charge in [0, 0.05) is 38.3 Å². The van der Waals surface area contributed by atoms with Crippen molar-refractivity contribution >= 4 is 17.6 Å². The molecule has 0 aliphatic carbocycles. The Kier molecular flexibility index (Phi) is 8.41. The number of hydrogen-bond donors (Lipinski definition) is 3. The minimum atomic E-state index is -0.0601. The predicted octanol–water partition coefficient (Wildman–Crippen LogP) is 2.57. The van der Waals surface area contributed by atoms with E-state index in [1.807, 2.05) is 24.3 Å². The molecule has 1 fully saturated rings. The number of piperidine rings is 1. The second-order valence-electron chi connectivity index (χ2n) is 6.84. The molecular formula is C20H33N5O. The van der Waals surface area contributed by atoms with Crippen molar-refractivity contribution in [2.45, 2.75) is 52.6 Å². The molecule has 1 amide bonds. The van der Waals surface area contributed by atoms with Crippen molar-refractivity contribution in [3.05, 3.63) is 29.8 Å². The highest BCUT2D eigenvalue weighted by Gasteiger charge is 2.19. The van der Waals surface area contributed by atoms with Crippen LogP contribution in [0.15, 0.2) is 29.3 Å². The minimum Gasteiger partial charge on any atom is -0.357 e. The van der Waals surface area contributed by atoms with Crippen molar-refractivity contribution in [1.29, 1.82) is 0 Å². The first-order valence-electron chi connectivity index (χ1n) is 9.74. The van der Waals surface area contributed by atoms with Gasteiger partial charge in [0.25, 0.3) is 0 Å². The molecule has 3 N–H and O–H groups in total. The number of rotatable bonds is 7. The molecule has 144 valence electrons. The third kappa shape index (κ3) is 7.04. The van der Waals surface area contributed by atoms with Crippen LogP contribution in [0.25, 0.3) is 0 Å². The first kappa shape index (κ1) is 20.2. The van der Waals surface area contributed by atoms with Crippen LogP contribution < -0.4 is 16.0 Å². The molecule has 0 radical (unpaired) electrons. The van der Waals surface area contributed by atoms with Gasteiger partial charge < -0.3 is 20.9 Å². The van der Waals surface area contributed by atoms with E-state index in [4.69, 9.17) is 4.99 Å². The zero-order chi connectivity index (χ0) is 18.8. The fourth-order valence-corrected chi connectivity index (χ4v) is 3.25. The molecule has 0 aromatic heterocycles. The van der Waals surface area contributed by atoms with Crippen LogP contribution in [0.5, 0.6) is 0 Å². The summed E-state index contributed by atoms with van der Waals surface area (Å²) in [7, 11) is 0. The number of nitrogens with zero attached hydrogens (tertiary/aromatic N) is 2. The highest BCUT2D eigenvalue weighted by atomic mass is 16.1. The number of benzene rings is 1. The summed E-state index contributed by atoms with van der Waals surface area (Å²) in [6.45, 7) is 10.8. The molecule has 1 saturated heterocycles. The van der Waals surface area contributed by atoms with Crippen LogP contribution >= 0.6 is 0 Å². The maximum atomic E-state index is 11.2. The highest BCUT2D eigenvalue weighted by Crippen LogP contribution is 2.12. The lowest BCUT2D eigenvalue weighted by molar-refractivity contribution is -0.114. The second kappa shape index (κ2) is 10.8. The third-order valence-electron chi connectivity index (χ3n) is 4.48. The Hall–Kier alpha value is -2.08.